The number of aliphatic hydroxyl groups is 2. The number of hydrogen-bond acceptors (Lipinski definition) is 12. The number of ketones is 2. The van der Waals surface area contributed by atoms with Crippen molar-refractivity contribution in [1.82, 2.24) is 5.43 Å². The third-order valence-corrected chi connectivity index (χ3v) is 9.18. The first-order valence-electron chi connectivity index (χ1n) is 15.1. The lowest BCUT2D eigenvalue weighted by molar-refractivity contribution is -0.245. The van der Waals surface area contributed by atoms with E-state index in [-0.39, 0.29) is 65.4 Å². The van der Waals surface area contributed by atoms with Gasteiger partial charge in [-0.25, -0.2) is 5.43 Å². The molecule has 4 unspecified atom stereocenters. The zero-order valence-corrected chi connectivity index (χ0v) is 27.1. The Balaban J connectivity index is 0.00000451. The summed E-state index contributed by atoms with van der Waals surface area (Å²) in [6.07, 6.45) is -4.51. The van der Waals surface area contributed by atoms with Gasteiger partial charge in [-0.15, -0.1) is 12.4 Å². The quantitative estimate of drug-likeness (QED) is 0.0990. The summed E-state index contributed by atoms with van der Waals surface area (Å²) in [5.74, 6) is -3.08. The number of aliphatic hydroxyl groups excluding tert-OH is 1. The second-order valence-corrected chi connectivity index (χ2v) is 12.1. The molecule has 14 heteroatoms. The van der Waals surface area contributed by atoms with E-state index in [2.05, 4.69) is 10.5 Å². The second kappa shape index (κ2) is 13.3. The minimum absolute atomic E-state index is 0. The van der Waals surface area contributed by atoms with Gasteiger partial charge in [0.15, 0.2) is 12.1 Å². The molecule has 0 spiro atoms. The van der Waals surface area contributed by atoms with Crippen LogP contribution in [-0.4, -0.2) is 80.9 Å². The molecule has 3 aliphatic rings. The number of phenolic OH excluding ortho intramolecular Hbond substituents is 2. The van der Waals surface area contributed by atoms with Gasteiger partial charge >= 0.3 is 0 Å². The molecule has 1 saturated heterocycles. The number of halogens is 1. The maximum Gasteiger partial charge on any atom is 0.271 e. The fourth-order valence-electron chi connectivity index (χ4n) is 6.56. The molecule has 1 aliphatic heterocycles. The molecule has 254 valence electrons. The van der Waals surface area contributed by atoms with Gasteiger partial charge in [0, 0.05) is 47.6 Å². The molecule has 13 nitrogen and oxygen atoms in total. The van der Waals surface area contributed by atoms with Gasteiger partial charge in [-0.1, -0.05) is 30.3 Å². The fourth-order valence-corrected chi connectivity index (χ4v) is 6.56. The number of nitrogens with two attached hydrogens (primary N) is 1. The Bertz CT molecular complexity index is 1800. The van der Waals surface area contributed by atoms with Gasteiger partial charge in [0.05, 0.1) is 47.8 Å². The van der Waals surface area contributed by atoms with E-state index in [1.807, 2.05) is 0 Å². The Labute approximate surface area is 281 Å². The lowest BCUT2D eigenvalue weighted by atomic mass is 9.71. The normalized spacial score (nSPS) is 26.5. The molecule has 2 aliphatic carbocycles. The van der Waals surface area contributed by atoms with E-state index in [0.29, 0.717) is 5.56 Å². The molecule has 6 rings (SSSR count). The average molecular weight is 682 g/mol. The van der Waals surface area contributed by atoms with Crippen molar-refractivity contribution >= 4 is 35.6 Å². The van der Waals surface area contributed by atoms with Gasteiger partial charge in [-0.05, 0) is 32.0 Å². The van der Waals surface area contributed by atoms with Crippen LogP contribution in [0.4, 0.5) is 0 Å². The molecule has 1 heterocycles. The molecule has 0 saturated carbocycles. The predicted octanol–water partition coefficient (Wildman–Crippen LogP) is 2.67. The van der Waals surface area contributed by atoms with Crippen molar-refractivity contribution in [2.24, 2.45) is 10.8 Å². The lowest BCUT2D eigenvalue weighted by Gasteiger charge is -2.42. The van der Waals surface area contributed by atoms with Crippen LogP contribution in [0.2, 0.25) is 0 Å². The molecule has 48 heavy (non-hydrogen) atoms. The number of ether oxygens (including phenoxy) is 3. The lowest BCUT2D eigenvalue weighted by Crippen LogP contribution is -2.52. The Morgan fingerprint density at radius 2 is 1.73 bits per heavy atom. The van der Waals surface area contributed by atoms with E-state index in [4.69, 9.17) is 19.9 Å². The zero-order chi connectivity index (χ0) is 33.8. The van der Waals surface area contributed by atoms with Crippen LogP contribution in [-0.2, 0) is 15.9 Å². The Morgan fingerprint density at radius 1 is 1.04 bits per heavy atom. The zero-order valence-electron chi connectivity index (χ0n) is 26.3. The number of benzene rings is 3. The topological polar surface area (TPSA) is 210 Å². The number of methoxy groups -OCH3 is 1. The monoisotopic (exact) mass is 681 g/mol. The van der Waals surface area contributed by atoms with Crippen molar-refractivity contribution < 1.29 is 49.0 Å². The van der Waals surface area contributed by atoms with E-state index >= 15 is 0 Å². The van der Waals surface area contributed by atoms with Crippen LogP contribution in [0, 0.1) is 0 Å². The minimum Gasteiger partial charge on any atom is -0.507 e. The van der Waals surface area contributed by atoms with Gasteiger partial charge in [-0.2, -0.15) is 5.10 Å². The van der Waals surface area contributed by atoms with Gasteiger partial charge in [0.25, 0.3) is 5.91 Å². The molecule has 0 bridgehead atoms. The van der Waals surface area contributed by atoms with Crippen molar-refractivity contribution in [2.45, 2.75) is 69.4 Å². The predicted molar refractivity (Wildman–Crippen MR) is 174 cm³/mol. The van der Waals surface area contributed by atoms with Crippen LogP contribution in [0.3, 0.4) is 0 Å². The molecule has 3 aromatic carbocycles. The van der Waals surface area contributed by atoms with Crippen LogP contribution in [0.15, 0.2) is 53.6 Å². The number of hydrogen-bond donors (Lipinski definition) is 6. The SMILES string of the molecule is COc1cccc2c1C(=O)c1c(O)c3c(c(O)c1C2=O)C[C@](O)(C(C)=NNC(=O)c1ccccc1)C[C@@H]3OC1CC(N)C(O)C(C)O1.Cl. The maximum absolute atomic E-state index is 13.9. The van der Waals surface area contributed by atoms with Crippen molar-refractivity contribution in [3.63, 3.8) is 0 Å². The first kappa shape index (κ1) is 35.0. The van der Waals surface area contributed by atoms with Gasteiger partial charge in [0.2, 0.25) is 5.78 Å². The number of aromatic hydroxyl groups is 2. The first-order chi connectivity index (χ1) is 22.4. The van der Waals surface area contributed by atoms with E-state index in [1.54, 1.807) is 37.3 Å². The first-order valence-corrected chi connectivity index (χ1v) is 15.1. The van der Waals surface area contributed by atoms with E-state index in [0.717, 1.165) is 0 Å². The minimum atomic E-state index is -1.88. The number of carbonyl (C=O) groups excluding carboxylic acids is 3. The molecule has 0 radical (unpaired) electrons. The average Bonchev–Trinajstić information content (AvgIpc) is 3.06. The van der Waals surface area contributed by atoms with E-state index in [1.165, 1.54) is 32.2 Å². The summed E-state index contributed by atoms with van der Waals surface area (Å²) >= 11 is 0. The number of fused-ring (bicyclic) bond motifs is 3. The van der Waals surface area contributed by atoms with Crippen molar-refractivity contribution in [3.05, 3.63) is 87.5 Å². The number of amides is 1. The molecule has 1 fully saturated rings. The Kier molecular flexibility index (Phi) is 9.66. The molecule has 1 amide bonds. The molecule has 6 atom stereocenters. The highest BCUT2D eigenvalue weighted by Gasteiger charge is 2.49. The summed E-state index contributed by atoms with van der Waals surface area (Å²) in [4.78, 5) is 40.4. The Morgan fingerprint density at radius 3 is 2.40 bits per heavy atom. The molecular weight excluding hydrogens is 646 g/mol. The summed E-state index contributed by atoms with van der Waals surface area (Å²) in [5.41, 5.74) is 6.04. The third-order valence-electron chi connectivity index (χ3n) is 9.18. The molecule has 0 aromatic heterocycles. The van der Waals surface area contributed by atoms with Crippen LogP contribution >= 0.6 is 12.4 Å². The van der Waals surface area contributed by atoms with Crippen molar-refractivity contribution in [2.75, 3.05) is 7.11 Å². The third kappa shape index (κ3) is 5.82. The smallest absolute Gasteiger partial charge is 0.271 e. The molecule has 7 N–H and O–H groups in total. The van der Waals surface area contributed by atoms with Gasteiger partial charge in [-0.3, -0.25) is 14.4 Å². The fraction of sp³-hybridized carbons (Fsp3) is 0.353. The van der Waals surface area contributed by atoms with Gasteiger partial charge in [0.1, 0.15) is 22.8 Å². The summed E-state index contributed by atoms with van der Waals surface area (Å²) in [6, 6.07) is 12.1. The van der Waals surface area contributed by atoms with Crippen LogP contribution in [0.5, 0.6) is 17.2 Å². The highest BCUT2D eigenvalue weighted by Crippen LogP contribution is 2.52. The molecular formula is C34H36ClN3O10. The van der Waals surface area contributed by atoms with E-state index in [9.17, 15) is 34.8 Å². The van der Waals surface area contributed by atoms with Crippen molar-refractivity contribution in [1.29, 1.82) is 0 Å². The summed E-state index contributed by atoms with van der Waals surface area (Å²) in [5, 5.41) is 50.0. The highest BCUT2D eigenvalue weighted by atomic mass is 35.5. The second-order valence-electron chi connectivity index (χ2n) is 12.1. The van der Waals surface area contributed by atoms with Crippen LogP contribution in [0.1, 0.15) is 86.1 Å². The summed E-state index contributed by atoms with van der Waals surface area (Å²) < 4.78 is 17.5. The summed E-state index contributed by atoms with van der Waals surface area (Å²) in [7, 11) is 1.34. The number of rotatable bonds is 6. The maximum atomic E-state index is 13.9. The number of carbonyl (C=O) groups is 3. The van der Waals surface area contributed by atoms with Gasteiger partial charge < -0.3 is 40.4 Å². The largest absolute Gasteiger partial charge is 0.507 e. The van der Waals surface area contributed by atoms with E-state index < -0.39 is 76.3 Å². The molecule has 3 aromatic rings. The number of hydrazone groups is 1. The van der Waals surface area contributed by atoms with Crippen molar-refractivity contribution in [3.8, 4) is 17.2 Å². The van der Waals surface area contributed by atoms with Crippen LogP contribution < -0.4 is 15.9 Å². The number of phenols is 2. The van der Waals surface area contributed by atoms with Crippen LogP contribution in [0.25, 0.3) is 0 Å². The standard InChI is InChI=1S/C34H35N3O10.ClH/c1-15-28(38)20(35)12-23(46-15)47-22-14-34(44,16(2)36-37-33(43)17-8-5-4-6-9-17)13-19-25(22)32(42)27-26(30(19)40)29(39)18-10-7-11-21(45-3)24(18)31(27)41;/h4-11,15,20,22-23,28,38,40,42,44H,12-14,35H2,1-3H3,(H,37,43);1H/t15?,20?,22-,23?,28?,34+;/m0./s1. The number of nitrogens with zero attached hydrogens (tertiary/aromatic N) is 1. The summed E-state index contributed by atoms with van der Waals surface area (Å²) in [6.45, 7) is 3.09. The number of nitrogens with one attached hydrogen (secondary N) is 1. The highest BCUT2D eigenvalue weighted by molar-refractivity contribution is 6.31. The Hall–Kier alpha value is -4.37.